The van der Waals surface area contributed by atoms with Gasteiger partial charge in [-0.2, -0.15) is 0 Å². The Labute approximate surface area is 128 Å². The molecule has 0 spiro atoms. The molecule has 0 atom stereocenters. The minimum Gasteiger partial charge on any atom is -0.491 e. The van der Waals surface area contributed by atoms with E-state index >= 15 is 0 Å². The molecule has 0 radical (unpaired) electrons. The number of hydrogen-bond donors (Lipinski definition) is 0. The van der Waals surface area contributed by atoms with E-state index in [1.54, 1.807) is 0 Å². The maximum Gasteiger partial charge on any atom is 0.142 e. The van der Waals surface area contributed by atoms with Gasteiger partial charge in [0.05, 0.1) is 12.3 Å². The summed E-state index contributed by atoms with van der Waals surface area (Å²) in [6.07, 6.45) is 3.29. The second-order valence-corrected chi connectivity index (χ2v) is 5.89. The third kappa shape index (κ3) is 2.56. The highest BCUT2D eigenvalue weighted by atomic mass is 35.5. The summed E-state index contributed by atoms with van der Waals surface area (Å²) in [6, 6.07) is 9.91. The molecule has 0 unspecified atom stereocenters. The van der Waals surface area contributed by atoms with Crippen molar-refractivity contribution in [3.05, 3.63) is 41.3 Å². The Morgan fingerprint density at radius 1 is 1.19 bits per heavy atom. The van der Waals surface area contributed by atoms with E-state index < -0.39 is 0 Å². The Morgan fingerprint density at radius 3 is 2.90 bits per heavy atom. The fourth-order valence-corrected chi connectivity index (χ4v) is 2.83. The predicted octanol–water partition coefficient (Wildman–Crippen LogP) is 3.93. The lowest BCUT2D eigenvalue weighted by Crippen LogP contribution is -2.19. The van der Waals surface area contributed by atoms with Crippen molar-refractivity contribution in [3.8, 4) is 5.75 Å². The van der Waals surface area contributed by atoms with Crippen molar-refractivity contribution < 1.29 is 4.74 Å². The van der Waals surface area contributed by atoms with Crippen molar-refractivity contribution in [1.29, 1.82) is 0 Å². The standard InChI is InChI=1S/C16H16ClN3O/c17-14-10-15(19-16(18-14)11-6-7-11)20-8-3-9-21-13-5-2-1-4-12(13)20/h1-2,4-5,10-11H,3,6-9H2. The van der Waals surface area contributed by atoms with Crippen LogP contribution in [0.15, 0.2) is 30.3 Å². The summed E-state index contributed by atoms with van der Waals surface area (Å²) in [5.74, 6) is 3.13. The van der Waals surface area contributed by atoms with Crippen molar-refractivity contribution in [2.45, 2.75) is 25.2 Å². The average molecular weight is 302 g/mol. The molecule has 2 heterocycles. The summed E-state index contributed by atoms with van der Waals surface area (Å²) in [7, 11) is 0. The third-order valence-electron chi connectivity index (χ3n) is 3.86. The van der Waals surface area contributed by atoms with Gasteiger partial charge >= 0.3 is 0 Å². The number of fused-ring (bicyclic) bond motifs is 1. The van der Waals surface area contributed by atoms with Gasteiger partial charge in [0.2, 0.25) is 0 Å². The molecule has 5 heteroatoms. The molecule has 0 amide bonds. The maximum absolute atomic E-state index is 6.20. The number of para-hydroxylation sites is 2. The van der Waals surface area contributed by atoms with Crippen LogP contribution in [0.4, 0.5) is 11.5 Å². The van der Waals surface area contributed by atoms with Crippen LogP contribution < -0.4 is 9.64 Å². The molecular formula is C16H16ClN3O. The lowest BCUT2D eigenvalue weighted by molar-refractivity contribution is 0.322. The van der Waals surface area contributed by atoms with Crippen LogP contribution in [0.2, 0.25) is 5.15 Å². The van der Waals surface area contributed by atoms with Gasteiger partial charge in [-0.3, -0.25) is 0 Å². The van der Waals surface area contributed by atoms with Crippen LogP contribution in [0.5, 0.6) is 5.75 Å². The smallest absolute Gasteiger partial charge is 0.142 e. The number of anilines is 2. The molecule has 0 N–H and O–H groups in total. The van der Waals surface area contributed by atoms with E-state index in [1.807, 2.05) is 24.3 Å². The molecule has 1 aliphatic heterocycles. The third-order valence-corrected chi connectivity index (χ3v) is 4.05. The summed E-state index contributed by atoms with van der Waals surface area (Å²) in [5.41, 5.74) is 1.05. The van der Waals surface area contributed by atoms with Gasteiger partial charge in [0.25, 0.3) is 0 Å². The summed E-state index contributed by atoms with van der Waals surface area (Å²) < 4.78 is 5.80. The number of benzene rings is 1. The number of rotatable bonds is 2. The van der Waals surface area contributed by atoms with Gasteiger partial charge < -0.3 is 9.64 Å². The van der Waals surface area contributed by atoms with Crippen LogP contribution in [0.3, 0.4) is 0 Å². The van der Waals surface area contributed by atoms with Gasteiger partial charge in [0, 0.05) is 18.5 Å². The molecule has 1 aromatic heterocycles. The molecule has 0 bridgehead atoms. The van der Waals surface area contributed by atoms with E-state index in [9.17, 15) is 0 Å². The van der Waals surface area contributed by atoms with Crippen molar-refractivity contribution in [2.75, 3.05) is 18.1 Å². The van der Waals surface area contributed by atoms with Gasteiger partial charge in [-0.25, -0.2) is 9.97 Å². The molecule has 4 nitrogen and oxygen atoms in total. The van der Waals surface area contributed by atoms with Crippen LogP contribution in [-0.2, 0) is 0 Å². The fourth-order valence-electron chi connectivity index (χ4n) is 2.65. The molecule has 21 heavy (non-hydrogen) atoms. The zero-order valence-electron chi connectivity index (χ0n) is 11.6. The van der Waals surface area contributed by atoms with Crippen molar-refractivity contribution >= 4 is 23.1 Å². The van der Waals surface area contributed by atoms with Crippen LogP contribution in [0.1, 0.15) is 31.0 Å². The van der Waals surface area contributed by atoms with Gasteiger partial charge in [-0.15, -0.1) is 0 Å². The lowest BCUT2D eigenvalue weighted by Gasteiger charge is -2.23. The van der Waals surface area contributed by atoms with Crippen molar-refractivity contribution in [1.82, 2.24) is 9.97 Å². The normalized spacial score (nSPS) is 17.9. The Morgan fingerprint density at radius 2 is 2.05 bits per heavy atom. The van der Waals surface area contributed by atoms with E-state index in [0.717, 1.165) is 42.7 Å². The summed E-state index contributed by atoms with van der Waals surface area (Å²) in [6.45, 7) is 1.59. The SMILES string of the molecule is Clc1cc(N2CCCOc3ccccc32)nc(C2CC2)n1. The van der Waals surface area contributed by atoms with E-state index in [0.29, 0.717) is 11.1 Å². The van der Waals surface area contributed by atoms with Crippen molar-refractivity contribution in [2.24, 2.45) is 0 Å². The maximum atomic E-state index is 6.20. The first-order valence-corrected chi connectivity index (χ1v) is 7.73. The Bertz CT molecular complexity index is 672. The van der Waals surface area contributed by atoms with Crippen LogP contribution in [-0.4, -0.2) is 23.1 Å². The highest BCUT2D eigenvalue weighted by Gasteiger charge is 2.28. The molecule has 4 rings (SSSR count). The van der Waals surface area contributed by atoms with E-state index in [2.05, 4.69) is 16.0 Å². The first-order chi connectivity index (χ1) is 10.3. The zero-order valence-corrected chi connectivity index (χ0v) is 12.4. The minimum absolute atomic E-state index is 0.487. The minimum atomic E-state index is 0.487. The summed E-state index contributed by atoms with van der Waals surface area (Å²) >= 11 is 6.20. The molecule has 0 saturated heterocycles. The fraction of sp³-hybridized carbons (Fsp3) is 0.375. The molecule has 108 valence electrons. The van der Waals surface area contributed by atoms with Gasteiger partial charge in [0.15, 0.2) is 0 Å². The number of halogens is 1. The molecule has 1 aliphatic carbocycles. The second kappa shape index (κ2) is 5.19. The molecule has 1 saturated carbocycles. The van der Waals surface area contributed by atoms with E-state index in [1.165, 1.54) is 12.8 Å². The molecule has 1 fully saturated rings. The number of nitrogens with zero attached hydrogens (tertiary/aromatic N) is 3. The highest BCUT2D eigenvalue weighted by Crippen LogP contribution is 2.40. The van der Waals surface area contributed by atoms with Crippen LogP contribution >= 0.6 is 11.6 Å². The quantitative estimate of drug-likeness (QED) is 0.788. The van der Waals surface area contributed by atoms with E-state index in [4.69, 9.17) is 21.3 Å². The number of ether oxygens (including phenoxy) is 1. The second-order valence-electron chi connectivity index (χ2n) is 5.50. The first kappa shape index (κ1) is 12.9. The zero-order chi connectivity index (χ0) is 14.2. The van der Waals surface area contributed by atoms with E-state index in [-0.39, 0.29) is 0 Å². The number of hydrogen-bond acceptors (Lipinski definition) is 4. The lowest BCUT2D eigenvalue weighted by atomic mass is 10.2. The Kier molecular flexibility index (Phi) is 3.19. The summed E-state index contributed by atoms with van der Waals surface area (Å²) in [4.78, 5) is 11.3. The molecule has 1 aromatic carbocycles. The monoisotopic (exact) mass is 301 g/mol. The largest absolute Gasteiger partial charge is 0.491 e. The van der Waals surface area contributed by atoms with Crippen molar-refractivity contribution in [3.63, 3.8) is 0 Å². The topological polar surface area (TPSA) is 38.2 Å². The number of aromatic nitrogens is 2. The summed E-state index contributed by atoms with van der Waals surface area (Å²) in [5, 5.41) is 0.518. The van der Waals surface area contributed by atoms with Crippen LogP contribution in [0, 0.1) is 0 Å². The van der Waals surface area contributed by atoms with Crippen LogP contribution in [0.25, 0.3) is 0 Å². The molecule has 2 aliphatic rings. The van der Waals surface area contributed by atoms with Gasteiger partial charge in [0.1, 0.15) is 22.5 Å². The Balaban J connectivity index is 1.78. The molecular weight excluding hydrogens is 286 g/mol. The first-order valence-electron chi connectivity index (χ1n) is 7.35. The average Bonchev–Trinajstić information content (AvgIpc) is 3.33. The molecule has 2 aromatic rings. The Hall–Kier alpha value is -1.81. The predicted molar refractivity (Wildman–Crippen MR) is 82.6 cm³/mol. The van der Waals surface area contributed by atoms with Gasteiger partial charge in [-0.1, -0.05) is 23.7 Å². The highest BCUT2D eigenvalue weighted by molar-refractivity contribution is 6.29. The van der Waals surface area contributed by atoms with Gasteiger partial charge in [-0.05, 0) is 31.4 Å².